The number of alkyl carbamates (subject to hydrolysis) is 1. The van der Waals surface area contributed by atoms with Crippen molar-refractivity contribution in [1.29, 1.82) is 0 Å². The zero-order valence-electron chi connectivity index (χ0n) is 21.8. The summed E-state index contributed by atoms with van der Waals surface area (Å²) < 4.78 is 5.39. The third kappa shape index (κ3) is 8.04. The molecule has 5 amide bonds. The molecule has 1 saturated heterocycles. The first kappa shape index (κ1) is 28.6. The van der Waals surface area contributed by atoms with Gasteiger partial charge in [0.15, 0.2) is 0 Å². The first-order chi connectivity index (χ1) is 18.0. The molecule has 2 aromatic rings. The molecule has 0 aliphatic carbocycles. The lowest BCUT2D eigenvalue weighted by atomic mass is 9.94. The number of nitrogens with zero attached hydrogens (tertiary/aromatic N) is 1. The lowest BCUT2D eigenvalue weighted by Gasteiger charge is -2.34. The molecule has 38 heavy (non-hydrogen) atoms. The third-order valence-corrected chi connectivity index (χ3v) is 6.11. The quantitative estimate of drug-likeness (QED) is 0.333. The summed E-state index contributed by atoms with van der Waals surface area (Å²) in [4.78, 5) is 66.1. The van der Waals surface area contributed by atoms with Gasteiger partial charge in [-0.25, -0.2) is 4.79 Å². The van der Waals surface area contributed by atoms with Crippen LogP contribution in [0.4, 0.5) is 4.79 Å². The van der Waals surface area contributed by atoms with Crippen molar-refractivity contribution in [3.8, 4) is 0 Å². The maximum Gasteiger partial charge on any atom is 0.408 e. The number of carbonyl (C=O) groups excluding carboxylic acids is 5. The van der Waals surface area contributed by atoms with E-state index in [9.17, 15) is 24.0 Å². The number of imide groups is 1. The summed E-state index contributed by atoms with van der Waals surface area (Å²) in [5.74, 6) is -2.62. The Morgan fingerprint density at radius 1 is 1.11 bits per heavy atom. The van der Waals surface area contributed by atoms with E-state index in [4.69, 9.17) is 9.84 Å². The van der Waals surface area contributed by atoms with Crippen molar-refractivity contribution in [3.63, 3.8) is 0 Å². The van der Waals surface area contributed by atoms with Crippen molar-refractivity contribution < 1.29 is 33.8 Å². The van der Waals surface area contributed by atoms with Gasteiger partial charge in [0.1, 0.15) is 18.2 Å². The average Bonchev–Trinajstić information content (AvgIpc) is 3.28. The lowest BCUT2D eigenvalue weighted by molar-refractivity contribution is -0.137. The number of hydrogen-bond acceptors (Lipinski definition) is 7. The van der Waals surface area contributed by atoms with Crippen molar-refractivity contribution >= 4 is 40.6 Å². The van der Waals surface area contributed by atoms with Gasteiger partial charge in [0, 0.05) is 42.5 Å². The summed E-state index contributed by atoms with van der Waals surface area (Å²) in [6.45, 7) is 4.61. The van der Waals surface area contributed by atoms with Crippen LogP contribution in [0.5, 0.6) is 0 Å². The van der Waals surface area contributed by atoms with Crippen molar-refractivity contribution in [2.45, 2.75) is 51.7 Å². The Morgan fingerprint density at radius 3 is 2.45 bits per heavy atom. The van der Waals surface area contributed by atoms with E-state index in [1.165, 1.54) is 0 Å². The van der Waals surface area contributed by atoms with Crippen molar-refractivity contribution in [3.05, 3.63) is 36.0 Å². The van der Waals surface area contributed by atoms with E-state index in [0.717, 1.165) is 16.5 Å². The molecule has 1 aliphatic rings. The van der Waals surface area contributed by atoms with Crippen LogP contribution in [0.1, 0.15) is 39.2 Å². The molecule has 0 saturated carbocycles. The van der Waals surface area contributed by atoms with Gasteiger partial charge in [-0.05, 0) is 45.2 Å². The van der Waals surface area contributed by atoms with E-state index in [-0.39, 0.29) is 18.2 Å². The molecule has 3 rings (SSSR count). The molecule has 12 heteroatoms. The van der Waals surface area contributed by atoms with Gasteiger partial charge in [-0.1, -0.05) is 18.2 Å². The van der Waals surface area contributed by atoms with Crippen LogP contribution in [0.15, 0.2) is 30.5 Å². The van der Waals surface area contributed by atoms with Crippen LogP contribution in [0.25, 0.3) is 10.9 Å². The molecule has 0 bridgehead atoms. The number of likely N-dealkylation sites (tertiary alicyclic amines) is 1. The first-order valence-electron chi connectivity index (χ1n) is 12.5. The highest BCUT2D eigenvalue weighted by molar-refractivity contribution is 5.98. The van der Waals surface area contributed by atoms with E-state index in [1.54, 1.807) is 25.7 Å². The van der Waals surface area contributed by atoms with Gasteiger partial charge in [0.05, 0.1) is 6.54 Å². The van der Waals surface area contributed by atoms with Crippen LogP contribution in [0.2, 0.25) is 0 Å². The number of rotatable bonds is 8. The molecule has 5 N–H and O–H groups in total. The van der Waals surface area contributed by atoms with Crippen molar-refractivity contribution in [2.24, 2.45) is 5.92 Å². The zero-order chi connectivity index (χ0) is 27.9. The molecule has 0 radical (unpaired) electrons. The van der Waals surface area contributed by atoms with Crippen LogP contribution in [-0.2, 0) is 30.3 Å². The topological polar surface area (TPSA) is 170 Å². The highest BCUT2D eigenvalue weighted by Gasteiger charge is 2.33. The first-order valence-corrected chi connectivity index (χ1v) is 12.5. The molecule has 1 fully saturated rings. The highest BCUT2D eigenvalue weighted by Crippen LogP contribution is 2.22. The minimum absolute atomic E-state index is 0.254. The number of aromatic nitrogens is 1. The molecular weight excluding hydrogens is 494 g/mol. The lowest BCUT2D eigenvalue weighted by Crippen LogP contribution is -2.53. The second-order valence-corrected chi connectivity index (χ2v) is 10.2. The van der Waals surface area contributed by atoms with E-state index >= 15 is 0 Å². The summed E-state index contributed by atoms with van der Waals surface area (Å²) in [7, 11) is 0. The molecule has 0 spiro atoms. The molecular formula is C26H35N5O7. The molecule has 0 unspecified atom stereocenters. The number of benzene rings is 1. The van der Waals surface area contributed by atoms with Gasteiger partial charge in [-0.15, -0.1) is 0 Å². The zero-order valence-corrected chi connectivity index (χ0v) is 21.8. The summed E-state index contributed by atoms with van der Waals surface area (Å²) >= 11 is 0. The van der Waals surface area contributed by atoms with Crippen LogP contribution in [0, 0.1) is 5.92 Å². The standard InChI is InChI=1S/C26H35N5O7/c1-26(2,3)38-25(37)29-20(12-17-13-27-19-7-5-4-6-18(17)19)24(36)31-10-8-16(9-11-31)23(35)28-14-21(33)30-22(34)15-32/h4-7,13,16,20,27,32H,8-12,14-15H2,1-3H3,(H,28,35)(H,29,37)(H,30,33,34)/t20-/m0/s1. The third-order valence-electron chi connectivity index (χ3n) is 6.11. The number of aliphatic hydroxyl groups excluding tert-OH is 1. The van der Waals surface area contributed by atoms with Crippen LogP contribution in [0.3, 0.4) is 0 Å². The van der Waals surface area contributed by atoms with Crippen molar-refractivity contribution in [1.82, 2.24) is 25.8 Å². The molecule has 1 aromatic carbocycles. The Hall–Kier alpha value is -3.93. The van der Waals surface area contributed by atoms with E-state index < -0.39 is 48.6 Å². The number of piperidine rings is 1. The molecule has 2 heterocycles. The maximum absolute atomic E-state index is 13.5. The van der Waals surface area contributed by atoms with Crippen molar-refractivity contribution in [2.75, 3.05) is 26.2 Å². The molecule has 1 aliphatic heterocycles. The fraction of sp³-hybridized carbons (Fsp3) is 0.500. The van der Waals surface area contributed by atoms with Crippen LogP contribution >= 0.6 is 0 Å². The molecule has 1 aromatic heterocycles. The monoisotopic (exact) mass is 529 g/mol. The minimum Gasteiger partial charge on any atom is -0.444 e. The van der Waals surface area contributed by atoms with Gasteiger partial charge >= 0.3 is 6.09 Å². The number of H-pyrrole nitrogens is 1. The van der Waals surface area contributed by atoms with Gasteiger partial charge in [0.25, 0.3) is 5.91 Å². The smallest absolute Gasteiger partial charge is 0.408 e. The molecule has 206 valence electrons. The van der Waals surface area contributed by atoms with Crippen LogP contribution < -0.4 is 16.0 Å². The summed E-state index contributed by atoms with van der Waals surface area (Å²) in [5, 5.41) is 16.8. The number of carbonyl (C=O) groups is 5. The molecule has 12 nitrogen and oxygen atoms in total. The summed E-state index contributed by atoms with van der Waals surface area (Å²) in [5.41, 5.74) is 1.07. The number of nitrogens with one attached hydrogen (secondary N) is 4. The Balaban J connectivity index is 1.62. The van der Waals surface area contributed by atoms with Gasteiger partial charge < -0.3 is 30.4 Å². The number of aromatic amines is 1. The second-order valence-electron chi connectivity index (χ2n) is 10.2. The fourth-order valence-electron chi connectivity index (χ4n) is 4.30. The Kier molecular flexibility index (Phi) is 9.45. The Bertz CT molecular complexity index is 1180. The number of amides is 5. The van der Waals surface area contributed by atoms with E-state index in [2.05, 4.69) is 15.6 Å². The Morgan fingerprint density at radius 2 is 1.79 bits per heavy atom. The number of fused-ring (bicyclic) bond motifs is 1. The summed E-state index contributed by atoms with van der Waals surface area (Å²) in [6.07, 6.45) is 2.14. The SMILES string of the molecule is CC(C)(C)OC(=O)N[C@@H](Cc1c[nH]c2ccccc12)C(=O)N1CCC(C(=O)NCC(=O)NC(=O)CO)CC1. The minimum atomic E-state index is -0.873. The summed E-state index contributed by atoms with van der Waals surface area (Å²) in [6, 6.07) is 6.82. The van der Waals surface area contributed by atoms with Crippen LogP contribution in [-0.4, -0.2) is 82.6 Å². The highest BCUT2D eigenvalue weighted by atomic mass is 16.6. The number of hydrogen-bond donors (Lipinski definition) is 5. The largest absolute Gasteiger partial charge is 0.444 e. The normalized spacial score (nSPS) is 15.0. The number of aliphatic hydroxyl groups is 1. The van der Waals surface area contributed by atoms with E-state index in [1.807, 2.05) is 35.8 Å². The van der Waals surface area contributed by atoms with Gasteiger partial charge in [-0.2, -0.15) is 0 Å². The predicted molar refractivity (Wildman–Crippen MR) is 138 cm³/mol. The van der Waals surface area contributed by atoms with Gasteiger partial charge in [-0.3, -0.25) is 24.5 Å². The second kappa shape index (κ2) is 12.5. The fourth-order valence-corrected chi connectivity index (χ4v) is 4.30. The number of para-hydroxylation sites is 1. The number of ether oxygens (including phenoxy) is 1. The average molecular weight is 530 g/mol. The van der Waals surface area contributed by atoms with E-state index in [0.29, 0.717) is 25.9 Å². The predicted octanol–water partition coefficient (Wildman–Crippen LogP) is 0.594. The maximum atomic E-state index is 13.5. The Labute approximate surface area is 220 Å². The van der Waals surface area contributed by atoms with Gasteiger partial charge in [0.2, 0.25) is 17.7 Å². The molecule has 1 atom stereocenters.